The fraction of sp³-hybridized carbons (Fsp3) is 0.222. The highest BCUT2D eigenvalue weighted by Gasteiger charge is 2.28. The second-order valence-electron chi connectivity index (χ2n) is 5.91. The van der Waals surface area contributed by atoms with Gasteiger partial charge in [-0.05, 0) is 36.4 Å². The van der Waals surface area contributed by atoms with E-state index in [0.717, 1.165) is 6.20 Å². The van der Waals surface area contributed by atoms with Gasteiger partial charge in [0.15, 0.2) is 11.4 Å². The number of phenols is 1. The zero-order chi connectivity index (χ0) is 18.1. The number of nitrogens with zero attached hydrogens (tertiary/aromatic N) is 3. The van der Waals surface area contributed by atoms with E-state index in [9.17, 15) is 14.3 Å². The number of imidazole rings is 1. The molecule has 8 heteroatoms. The number of rotatable bonds is 4. The third kappa shape index (κ3) is 3.06. The monoisotopic (exact) mass is 357 g/mol. The van der Waals surface area contributed by atoms with E-state index < -0.39 is 5.95 Å². The fourth-order valence-corrected chi connectivity index (χ4v) is 2.86. The van der Waals surface area contributed by atoms with Crippen LogP contribution in [0.5, 0.6) is 11.5 Å². The summed E-state index contributed by atoms with van der Waals surface area (Å²) in [5.41, 5.74) is 1.06. The molecule has 0 spiro atoms. The van der Waals surface area contributed by atoms with Crippen LogP contribution in [0.25, 0.3) is 5.65 Å². The number of aromatic nitrogens is 2. The lowest BCUT2D eigenvalue weighted by molar-refractivity contribution is -0.130. The van der Waals surface area contributed by atoms with E-state index in [1.54, 1.807) is 35.4 Å². The van der Waals surface area contributed by atoms with Gasteiger partial charge >= 0.3 is 0 Å². The van der Waals surface area contributed by atoms with Crippen molar-refractivity contribution in [2.45, 2.75) is 6.10 Å². The van der Waals surface area contributed by atoms with Crippen molar-refractivity contribution in [1.82, 2.24) is 9.38 Å². The van der Waals surface area contributed by atoms with Gasteiger partial charge in [-0.3, -0.25) is 9.20 Å². The quantitative estimate of drug-likeness (QED) is 0.773. The molecule has 0 aliphatic carbocycles. The molecule has 26 heavy (non-hydrogen) atoms. The largest absolute Gasteiger partial charge is 0.508 e. The predicted molar refractivity (Wildman–Crippen MR) is 90.8 cm³/mol. The number of ether oxygens (including phenoxy) is 2. The van der Waals surface area contributed by atoms with E-state index in [4.69, 9.17) is 9.47 Å². The Bertz CT molecular complexity index is 941. The summed E-state index contributed by atoms with van der Waals surface area (Å²) < 4.78 is 26.2. The molecule has 2 aromatic heterocycles. The van der Waals surface area contributed by atoms with Crippen LogP contribution < -0.4 is 9.64 Å². The van der Waals surface area contributed by atoms with Crippen LogP contribution in [0.15, 0.2) is 48.8 Å². The van der Waals surface area contributed by atoms with Gasteiger partial charge in [-0.2, -0.15) is 4.39 Å². The number of halogens is 1. The lowest BCUT2D eigenvalue weighted by Gasteiger charge is -2.32. The van der Waals surface area contributed by atoms with Gasteiger partial charge in [-0.1, -0.05) is 0 Å². The lowest BCUT2D eigenvalue weighted by atomic mass is 10.2. The molecule has 1 aliphatic rings. The van der Waals surface area contributed by atoms with E-state index in [1.165, 1.54) is 16.5 Å². The van der Waals surface area contributed by atoms with E-state index >= 15 is 0 Å². The number of hydrogen-bond donors (Lipinski definition) is 1. The van der Waals surface area contributed by atoms with Crippen LogP contribution >= 0.6 is 0 Å². The molecule has 1 N–H and O–H groups in total. The number of carbonyl (C=O) groups is 1. The first-order chi connectivity index (χ1) is 12.6. The van der Waals surface area contributed by atoms with E-state index in [2.05, 4.69) is 4.98 Å². The highest BCUT2D eigenvalue weighted by Crippen LogP contribution is 2.23. The second-order valence-corrected chi connectivity index (χ2v) is 5.91. The van der Waals surface area contributed by atoms with Crippen molar-refractivity contribution < 1.29 is 23.8 Å². The van der Waals surface area contributed by atoms with Crippen LogP contribution in [0.4, 0.5) is 10.1 Å². The summed E-state index contributed by atoms with van der Waals surface area (Å²) in [5.74, 6) is -0.0599. The molecule has 1 aliphatic heterocycles. The van der Waals surface area contributed by atoms with Crippen molar-refractivity contribution in [1.29, 1.82) is 0 Å². The number of anilines is 1. The molecule has 7 nitrogen and oxygen atoms in total. The number of carbonyl (C=O) groups excluding carboxylic acids is 1. The number of fused-ring (bicyclic) bond motifs is 1. The molecular formula is C18H16FN3O4. The minimum atomic E-state index is -0.469. The first-order valence-electron chi connectivity index (χ1n) is 8.07. The molecule has 1 aromatic carbocycles. The fourth-order valence-electron chi connectivity index (χ4n) is 2.86. The second kappa shape index (κ2) is 6.64. The normalized spacial score (nSPS) is 17.7. The summed E-state index contributed by atoms with van der Waals surface area (Å²) in [6.45, 7) is 0.447. The van der Waals surface area contributed by atoms with Crippen molar-refractivity contribution >= 4 is 17.2 Å². The molecule has 1 saturated heterocycles. The molecule has 1 atom stereocenters. The maximum atomic E-state index is 13.6. The Kier molecular flexibility index (Phi) is 4.18. The number of pyridine rings is 1. The predicted octanol–water partition coefficient (Wildman–Crippen LogP) is 1.99. The highest BCUT2D eigenvalue weighted by atomic mass is 19.1. The van der Waals surface area contributed by atoms with Crippen molar-refractivity contribution in [3.63, 3.8) is 0 Å². The minimum absolute atomic E-state index is 0.0584. The first-order valence-corrected chi connectivity index (χ1v) is 8.07. The summed E-state index contributed by atoms with van der Waals surface area (Å²) in [6, 6.07) is 9.76. The van der Waals surface area contributed by atoms with Crippen LogP contribution in [-0.2, 0) is 9.53 Å². The smallest absolute Gasteiger partial charge is 0.253 e. The zero-order valence-corrected chi connectivity index (χ0v) is 13.7. The summed E-state index contributed by atoms with van der Waals surface area (Å²) in [5, 5.41) is 9.39. The van der Waals surface area contributed by atoms with Gasteiger partial charge < -0.3 is 19.5 Å². The molecule has 1 unspecified atom stereocenters. The van der Waals surface area contributed by atoms with Gasteiger partial charge in [0, 0.05) is 11.9 Å². The molecule has 3 aromatic rings. The maximum absolute atomic E-state index is 13.6. The number of hydrogen-bond acceptors (Lipinski definition) is 5. The molecule has 134 valence electrons. The van der Waals surface area contributed by atoms with E-state index in [0.29, 0.717) is 23.6 Å². The van der Waals surface area contributed by atoms with Crippen molar-refractivity contribution in [2.75, 3.05) is 24.7 Å². The minimum Gasteiger partial charge on any atom is -0.508 e. The molecule has 4 rings (SSSR count). The number of benzene rings is 1. The van der Waals surface area contributed by atoms with Crippen LogP contribution in [0, 0.1) is 5.95 Å². The SMILES string of the molecule is O=C1COC(COc2cccn3c(F)cnc23)CN1c1ccc(O)cc1. The average Bonchev–Trinajstić information content (AvgIpc) is 3.04. The number of amides is 1. The number of aromatic hydroxyl groups is 1. The third-order valence-corrected chi connectivity index (χ3v) is 4.17. The molecule has 0 saturated carbocycles. The summed E-state index contributed by atoms with van der Waals surface area (Å²) in [6.07, 6.45) is 2.35. The van der Waals surface area contributed by atoms with E-state index in [1.807, 2.05) is 0 Å². The van der Waals surface area contributed by atoms with Gasteiger partial charge in [0.25, 0.3) is 5.91 Å². The Morgan fingerprint density at radius 1 is 1.31 bits per heavy atom. The standard InChI is InChI=1S/C18H16FN3O4/c19-16-8-20-18-15(2-1-7-21(16)18)26-10-14-9-22(17(24)11-25-14)12-3-5-13(23)6-4-12/h1-8,14,23H,9-11H2. The van der Waals surface area contributed by atoms with Gasteiger partial charge in [-0.25, -0.2) is 4.98 Å². The van der Waals surface area contributed by atoms with Crippen LogP contribution in [0.1, 0.15) is 0 Å². The zero-order valence-electron chi connectivity index (χ0n) is 13.7. The maximum Gasteiger partial charge on any atom is 0.253 e. The Morgan fingerprint density at radius 2 is 2.12 bits per heavy atom. The van der Waals surface area contributed by atoms with Gasteiger partial charge in [0.1, 0.15) is 25.1 Å². The molecular weight excluding hydrogens is 341 g/mol. The Labute approximate surface area is 148 Å². The van der Waals surface area contributed by atoms with Gasteiger partial charge in [0.2, 0.25) is 5.95 Å². The average molecular weight is 357 g/mol. The topological polar surface area (TPSA) is 76.3 Å². The van der Waals surface area contributed by atoms with Crippen molar-refractivity contribution in [3.05, 3.63) is 54.7 Å². The van der Waals surface area contributed by atoms with Gasteiger partial charge in [-0.15, -0.1) is 0 Å². The molecule has 0 radical (unpaired) electrons. The Morgan fingerprint density at radius 3 is 2.92 bits per heavy atom. The summed E-state index contributed by atoms with van der Waals surface area (Å²) >= 11 is 0. The van der Waals surface area contributed by atoms with Crippen molar-refractivity contribution in [3.8, 4) is 11.5 Å². The lowest BCUT2D eigenvalue weighted by Crippen LogP contribution is -2.48. The molecule has 3 heterocycles. The number of phenolic OH excluding ortho intramolecular Hbond substituents is 1. The van der Waals surface area contributed by atoms with Crippen LogP contribution in [0.3, 0.4) is 0 Å². The Balaban J connectivity index is 1.46. The first kappa shape index (κ1) is 16.3. The third-order valence-electron chi connectivity index (χ3n) is 4.17. The van der Waals surface area contributed by atoms with E-state index in [-0.39, 0.29) is 31.0 Å². The molecule has 1 amide bonds. The summed E-state index contributed by atoms with van der Waals surface area (Å²) in [7, 11) is 0. The Hall–Kier alpha value is -3.13. The highest BCUT2D eigenvalue weighted by molar-refractivity contribution is 5.95. The van der Waals surface area contributed by atoms with Crippen LogP contribution in [0.2, 0.25) is 0 Å². The summed E-state index contributed by atoms with van der Waals surface area (Å²) in [4.78, 5) is 17.7. The van der Waals surface area contributed by atoms with Crippen molar-refractivity contribution in [2.24, 2.45) is 0 Å². The van der Waals surface area contributed by atoms with Crippen LogP contribution in [-0.4, -0.2) is 46.3 Å². The molecule has 1 fully saturated rings. The van der Waals surface area contributed by atoms with Gasteiger partial charge in [0.05, 0.1) is 12.7 Å². The number of morpholine rings is 1. The molecule has 0 bridgehead atoms.